The van der Waals surface area contributed by atoms with Crippen LogP contribution in [0.25, 0.3) is 6.08 Å². The Morgan fingerprint density at radius 3 is 2.65 bits per heavy atom. The minimum absolute atomic E-state index is 0.0875. The Kier molecular flexibility index (Phi) is 4.99. The predicted octanol–water partition coefficient (Wildman–Crippen LogP) is 1.97. The van der Waals surface area contributed by atoms with Crippen LogP contribution in [0.2, 0.25) is 0 Å². The first-order valence-corrected chi connectivity index (χ1v) is 7.72. The molecule has 2 aromatic rings. The van der Waals surface area contributed by atoms with E-state index in [1.54, 1.807) is 30.4 Å². The molecular weight excluding hydrogens is 319 g/mol. The third-order valence-electron chi connectivity index (χ3n) is 2.58. The molecule has 0 fully saturated rings. The fourth-order valence-corrected chi connectivity index (χ4v) is 2.99. The number of aromatic hydroxyl groups is 1. The molecule has 4 heteroatoms. The van der Waals surface area contributed by atoms with Gasteiger partial charge in [-0.05, 0) is 0 Å². The second-order valence-electron chi connectivity index (χ2n) is 4.00. The second kappa shape index (κ2) is 6.94. The number of carbonyl (C=O) groups is 1. The molecule has 0 unspecified atom stereocenters. The Balaban J connectivity index is 2.04. The molecular formula is C16H14O3Se. The van der Waals surface area contributed by atoms with Crippen LogP contribution in [-0.2, 0) is 4.79 Å². The van der Waals surface area contributed by atoms with Crippen LogP contribution >= 0.6 is 0 Å². The number of phenolic OH excluding ortho intramolecular Hbond substituents is 1. The molecule has 0 spiro atoms. The van der Waals surface area contributed by atoms with Gasteiger partial charge in [0, 0.05) is 0 Å². The van der Waals surface area contributed by atoms with Crippen molar-refractivity contribution in [1.29, 1.82) is 0 Å². The van der Waals surface area contributed by atoms with Crippen molar-refractivity contribution in [3.05, 3.63) is 60.2 Å². The molecule has 0 heterocycles. The number of rotatable bonds is 5. The van der Waals surface area contributed by atoms with Crippen molar-refractivity contribution < 1.29 is 14.6 Å². The van der Waals surface area contributed by atoms with E-state index in [1.807, 2.05) is 30.3 Å². The quantitative estimate of drug-likeness (QED) is 0.672. The summed E-state index contributed by atoms with van der Waals surface area (Å²) in [6.45, 7) is 0. The summed E-state index contributed by atoms with van der Waals surface area (Å²) < 4.78 is 6.17. The molecule has 20 heavy (non-hydrogen) atoms. The van der Waals surface area contributed by atoms with Crippen molar-refractivity contribution in [2.45, 2.75) is 0 Å². The van der Waals surface area contributed by atoms with Gasteiger partial charge in [-0.15, -0.1) is 0 Å². The summed E-state index contributed by atoms with van der Waals surface area (Å²) in [4.78, 5) is 11.9. The number of carbonyl (C=O) groups excluding carboxylic acids is 1. The summed E-state index contributed by atoms with van der Waals surface area (Å²) in [5, 5.41) is 9.49. The fraction of sp³-hybridized carbons (Fsp3) is 0.0625. The molecule has 2 aromatic carbocycles. The molecule has 2 rings (SSSR count). The Morgan fingerprint density at radius 1 is 1.20 bits per heavy atom. The van der Waals surface area contributed by atoms with Gasteiger partial charge in [0.2, 0.25) is 0 Å². The van der Waals surface area contributed by atoms with E-state index in [-0.39, 0.29) is 25.4 Å². The molecule has 1 N–H and O–H groups in total. The van der Waals surface area contributed by atoms with Crippen LogP contribution in [-0.4, -0.2) is 31.9 Å². The first kappa shape index (κ1) is 14.4. The van der Waals surface area contributed by atoms with E-state index >= 15 is 0 Å². The Morgan fingerprint density at radius 2 is 1.95 bits per heavy atom. The van der Waals surface area contributed by atoms with Crippen molar-refractivity contribution in [2.75, 3.05) is 7.11 Å². The van der Waals surface area contributed by atoms with Crippen molar-refractivity contribution in [3.63, 3.8) is 0 Å². The summed E-state index contributed by atoms with van der Waals surface area (Å²) in [7, 11) is 1.49. The average Bonchev–Trinajstić information content (AvgIpc) is 2.47. The van der Waals surface area contributed by atoms with Crippen LogP contribution in [0.15, 0.2) is 54.6 Å². The Labute approximate surface area is 124 Å². The summed E-state index contributed by atoms with van der Waals surface area (Å²) in [5.74, 6) is 0.484. The van der Waals surface area contributed by atoms with Gasteiger partial charge in [0.25, 0.3) is 0 Å². The zero-order valence-corrected chi connectivity index (χ0v) is 12.7. The van der Waals surface area contributed by atoms with Gasteiger partial charge in [-0.1, -0.05) is 0 Å². The molecule has 102 valence electrons. The van der Waals surface area contributed by atoms with Gasteiger partial charge in [-0.25, -0.2) is 0 Å². The van der Waals surface area contributed by atoms with E-state index in [1.165, 1.54) is 7.11 Å². The van der Waals surface area contributed by atoms with Crippen LogP contribution in [0.5, 0.6) is 11.5 Å². The average molecular weight is 333 g/mol. The number of hydrogen-bond acceptors (Lipinski definition) is 3. The molecule has 0 saturated carbocycles. The minimum atomic E-state index is -0.210. The Bertz CT molecular complexity index is 621. The normalized spacial score (nSPS) is 10.7. The summed E-state index contributed by atoms with van der Waals surface area (Å²) >= 11 is -0.210. The van der Waals surface area contributed by atoms with Gasteiger partial charge in [0.1, 0.15) is 0 Å². The third-order valence-corrected chi connectivity index (χ3v) is 4.35. The molecule has 0 aromatic heterocycles. The monoisotopic (exact) mass is 334 g/mol. The number of methoxy groups -OCH3 is 1. The summed E-state index contributed by atoms with van der Waals surface area (Å²) in [6, 6.07) is 14.7. The molecule has 0 saturated heterocycles. The van der Waals surface area contributed by atoms with Crippen molar-refractivity contribution in [1.82, 2.24) is 0 Å². The molecule has 0 bridgehead atoms. The van der Waals surface area contributed by atoms with Gasteiger partial charge in [0.05, 0.1) is 0 Å². The fourth-order valence-electron chi connectivity index (χ4n) is 1.60. The van der Waals surface area contributed by atoms with E-state index < -0.39 is 0 Å². The first-order valence-electron chi connectivity index (χ1n) is 6.01. The maximum absolute atomic E-state index is 11.9. The van der Waals surface area contributed by atoms with Gasteiger partial charge >= 0.3 is 124 Å². The standard InChI is InChI=1S/C16H14O3Se/c1-19-15-11-12(7-9-14(15)17)8-10-16(18)20-13-5-3-2-4-6-13/h2-11,17H,1H3/b10-8+. The molecule has 0 radical (unpaired) electrons. The van der Waals surface area contributed by atoms with Crippen LogP contribution in [0, 0.1) is 0 Å². The van der Waals surface area contributed by atoms with Crippen LogP contribution in [0.4, 0.5) is 0 Å². The van der Waals surface area contributed by atoms with E-state index in [0.717, 1.165) is 10.0 Å². The van der Waals surface area contributed by atoms with E-state index in [2.05, 4.69) is 0 Å². The second-order valence-corrected chi connectivity index (χ2v) is 6.26. The zero-order chi connectivity index (χ0) is 14.4. The molecule has 0 amide bonds. The van der Waals surface area contributed by atoms with Crippen LogP contribution in [0.3, 0.4) is 0 Å². The Hall–Kier alpha value is -2.03. The van der Waals surface area contributed by atoms with Gasteiger partial charge in [-0.3, -0.25) is 0 Å². The summed E-state index contributed by atoms with van der Waals surface area (Å²) in [6.07, 6.45) is 3.30. The topological polar surface area (TPSA) is 46.5 Å². The SMILES string of the molecule is COc1cc(/C=C/C(=O)[Se]c2ccccc2)ccc1O. The van der Waals surface area contributed by atoms with Crippen molar-refractivity contribution >= 4 is 30.2 Å². The van der Waals surface area contributed by atoms with Gasteiger partial charge < -0.3 is 0 Å². The van der Waals surface area contributed by atoms with E-state index in [0.29, 0.717) is 5.75 Å². The maximum atomic E-state index is 11.9. The molecule has 0 aliphatic heterocycles. The molecule has 0 atom stereocenters. The van der Waals surface area contributed by atoms with E-state index in [4.69, 9.17) is 4.74 Å². The molecule has 0 aliphatic carbocycles. The number of phenols is 1. The number of benzene rings is 2. The van der Waals surface area contributed by atoms with Crippen LogP contribution < -0.4 is 9.20 Å². The number of hydrogen-bond donors (Lipinski definition) is 1. The van der Waals surface area contributed by atoms with Crippen molar-refractivity contribution in [2.24, 2.45) is 0 Å². The number of ether oxygens (including phenoxy) is 1. The van der Waals surface area contributed by atoms with Gasteiger partial charge in [-0.2, -0.15) is 0 Å². The van der Waals surface area contributed by atoms with Crippen LogP contribution in [0.1, 0.15) is 5.56 Å². The predicted molar refractivity (Wildman–Crippen MR) is 80.5 cm³/mol. The van der Waals surface area contributed by atoms with Crippen molar-refractivity contribution in [3.8, 4) is 11.5 Å². The van der Waals surface area contributed by atoms with Gasteiger partial charge in [0.15, 0.2) is 0 Å². The third kappa shape index (κ3) is 3.98. The molecule has 0 aliphatic rings. The number of allylic oxidation sites excluding steroid dienone is 1. The molecule has 3 nitrogen and oxygen atoms in total. The summed E-state index contributed by atoms with van der Waals surface area (Å²) in [5.41, 5.74) is 0.817. The first-order chi connectivity index (χ1) is 9.69. The zero-order valence-electron chi connectivity index (χ0n) is 10.9. The van der Waals surface area contributed by atoms with E-state index in [9.17, 15) is 9.90 Å².